The second-order valence-electron chi connectivity index (χ2n) is 7.55. The third-order valence-corrected chi connectivity index (χ3v) is 6.29. The highest BCUT2D eigenvalue weighted by atomic mass is 127. The van der Waals surface area contributed by atoms with E-state index in [2.05, 4.69) is 5.32 Å². The van der Waals surface area contributed by atoms with Gasteiger partial charge in [0.2, 0.25) is 0 Å². The molecule has 0 saturated carbocycles. The Balaban J connectivity index is 1.68. The van der Waals surface area contributed by atoms with Crippen molar-refractivity contribution in [1.82, 2.24) is 5.32 Å². The number of hydrogen-bond acceptors (Lipinski definition) is 5. The maximum absolute atomic E-state index is 14.0. The average Bonchev–Trinajstić information content (AvgIpc) is 2.83. The van der Waals surface area contributed by atoms with Crippen LogP contribution in [0.5, 0.6) is 11.5 Å². The van der Waals surface area contributed by atoms with Gasteiger partial charge in [-0.05, 0) is 71.5 Å². The van der Waals surface area contributed by atoms with Crippen molar-refractivity contribution in [3.63, 3.8) is 0 Å². The van der Waals surface area contributed by atoms with Gasteiger partial charge >= 0.3 is 6.03 Å². The molecule has 0 aromatic heterocycles. The van der Waals surface area contributed by atoms with Crippen molar-refractivity contribution in [3.8, 4) is 11.5 Å². The lowest BCUT2D eigenvalue weighted by atomic mass is 10.1. The van der Waals surface area contributed by atoms with Gasteiger partial charge in [-0.2, -0.15) is 0 Å². The molecule has 1 saturated heterocycles. The number of nitrogens with zero attached hydrogens (tertiary/aromatic N) is 1. The summed E-state index contributed by atoms with van der Waals surface area (Å²) in [7, 11) is 0. The highest BCUT2D eigenvalue weighted by Crippen LogP contribution is 2.36. The monoisotopic (exact) mass is 620 g/mol. The predicted molar refractivity (Wildman–Crippen MR) is 142 cm³/mol. The first-order chi connectivity index (χ1) is 17.3. The maximum atomic E-state index is 14.0. The van der Waals surface area contributed by atoms with Crippen molar-refractivity contribution in [2.24, 2.45) is 0 Å². The SMILES string of the molecule is CCOc1cc(/C=C2\C(=O)NC(=O)N(c3ccccc3Cl)C2=O)cc(I)c1OCc1ccccc1F. The van der Waals surface area contributed by atoms with Gasteiger partial charge in [-0.15, -0.1) is 0 Å². The molecule has 1 heterocycles. The van der Waals surface area contributed by atoms with Crippen LogP contribution < -0.4 is 19.7 Å². The van der Waals surface area contributed by atoms with Crippen molar-refractivity contribution in [1.29, 1.82) is 0 Å². The van der Waals surface area contributed by atoms with Gasteiger partial charge in [0, 0.05) is 5.56 Å². The zero-order chi connectivity index (χ0) is 25.8. The van der Waals surface area contributed by atoms with Gasteiger partial charge in [-0.25, -0.2) is 14.1 Å². The molecule has 0 bridgehead atoms. The second kappa shape index (κ2) is 11.1. The number of anilines is 1. The Morgan fingerprint density at radius 2 is 1.78 bits per heavy atom. The Hall–Kier alpha value is -3.44. The molecule has 0 radical (unpaired) electrons. The number of nitrogens with one attached hydrogen (secondary N) is 1. The van der Waals surface area contributed by atoms with Crippen LogP contribution in [0.15, 0.2) is 66.2 Å². The fraction of sp³-hybridized carbons (Fsp3) is 0.115. The van der Waals surface area contributed by atoms with Crippen molar-refractivity contribution >= 4 is 63.8 Å². The number of imide groups is 2. The number of carbonyl (C=O) groups is 3. The van der Waals surface area contributed by atoms with Gasteiger partial charge in [0.15, 0.2) is 11.5 Å². The Labute approximate surface area is 225 Å². The number of benzene rings is 3. The summed E-state index contributed by atoms with van der Waals surface area (Å²) in [5, 5.41) is 2.35. The van der Waals surface area contributed by atoms with Gasteiger partial charge in [0.05, 0.1) is 20.9 Å². The smallest absolute Gasteiger partial charge is 0.335 e. The molecule has 3 aromatic rings. The van der Waals surface area contributed by atoms with E-state index in [1.807, 2.05) is 22.6 Å². The first kappa shape index (κ1) is 25.6. The van der Waals surface area contributed by atoms with Crippen molar-refractivity contribution < 1.29 is 28.2 Å². The van der Waals surface area contributed by atoms with Crippen LogP contribution in [0.1, 0.15) is 18.1 Å². The molecule has 4 rings (SSSR count). The number of rotatable bonds is 7. The minimum absolute atomic E-state index is 0.0149. The first-order valence-electron chi connectivity index (χ1n) is 10.8. The minimum atomic E-state index is -0.892. The topological polar surface area (TPSA) is 84.9 Å². The fourth-order valence-corrected chi connectivity index (χ4v) is 4.52. The minimum Gasteiger partial charge on any atom is -0.490 e. The molecular formula is C26H19ClFIN2O5. The normalized spacial score (nSPS) is 14.7. The lowest BCUT2D eigenvalue weighted by Gasteiger charge is -2.27. The van der Waals surface area contributed by atoms with Gasteiger partial charge in [-0.1, -0.05) is 41.9 Å². The Kier molecular flexibility index (Phi) is 7.90. The maximum Gasteiger partial charge on any atom is 0.335 e. The molecule has 7 nitrogen and oxygen atoms in total. The van der Waals surface area contributed by atoms with E-state index in [0.717, 1.165) is 4.90 Å². The van der Waals surface area contributed by atoms with E-state index >= 15 is 0 Å². The summed E-state index contributed by atoms with van der Waals surface area (Å²) < 4.78 is 26.2. The number of barbiturate groups is 1. The van der Waals surface area contributed by atoms with Crippen molar-refractivity contribution in [2.45, 2.75) is 13.5 Å². The zero-order valence-electron chi connectivity index (χ0n) is 18.9. The highest BCUT2D eigenvalue weighted by molar-refractivity contribution is 14.1. The van der Waals surface area contributed by atoms with Crippen LogP contribution in [-0.2, 0) is 16.2 Å². The van der Waals surface area contributed by atoms with Crippen molar-refractivity contribution in [2.75, 3.05) is 11.5 Å². The van der Waals surface area contributed by atoms with Gasteiger partial charge in [0.25, 0.3) is 11.8 Å². The Morgan fingerprint density at radius 1 is 1.06 bits per heavy atom. The third kappa shape index (κ3) is 5.36. The van der Waals surface area contributed by atoms with E-state index in [1.165, 1.54) is 24.3 Å². The van der Waals surface area contributed by atoms with Gasteiger partial charge in [-0.3, -0.25) is 14.9 Å². The van der Waals surface area contributed by atoms with E-state index in [-0.39, 0.29) is 28.7 Å². The molecule has 1 fully saturated rings. The van der Waals surface area contributed by atoms with Crippen LogP contribution in [0.3, 0.4) is 0 Å². The summed E-state index contributed by atoms with van der Waals surface area (Å²) in [6.07, 6.45) is 1.36. The van der Waals surface area contributed by atoms with Crippen LogP contribution in [-0.4, -0.2) is 24.5 Å². The second-order valence-corrected chi connectivity index (χ2v) is 9.12. The highest BCUT2D eigenvalue weighted by Gasteiger charge is 2.37. The van der Waals surface area contributed by atoms with Crippen LogP contribution >= 0.6 is 34.2 Å². The molecule has 1 aliphatic rings. The number of halogens is 3. The number of amides is 4. The van der Waals surface area contributed by atoms with Crippen LogP contribution in [0.2, 0.25) is 5.02 Å². The van der Waals surface area contributed by atoms with E-state index in [1.54, 1.807) is 49.4 Å². The molecule has 0 aliphatic carbocycles. The molecule has 4 amide bonds. The van der Waals surface area contributed by atoms with Crippen LogP contribution in [0.25, 0.3) is 6.08 Å². The number of carbonyl (C=O) groups excluding carboxylic acids is 3. The average molecular weight is 621 g/mol. The van der Waals surface area contributed by atoms with E-state index in [4.69, 9.17) is 21.1 Å². The molecule has 0 unspecified atom stereocenters. The molecule has 10 heteroatoms. The summed E-state index contributed by atoms with van der Waals surface area (Å²) in [6, 6.07) is 15.0. The number of para-hydroxylation sites is 1. The summed E-state index contributed by atoms with van der Waals surface area (Å²) in [4.78, 5) is 39.0. The lowest BCUT2D eigenvalue weighted by Crippen LogP contribution is -2.54. The van der Waals surface area contributed by atoms with E-state index in [0.29, 0.717) is 32.8 Å². The zero-order valence-corrected chi connectivity index (χ0v) is 21.8. The summed E-state index contributed by atoms with van der Waals surface area (Å²) in [5.41, 5.74) is 0.748. The molecule has 3 aromatic carbocycles. The van der Waals surface area contributed by atoms with Crippen LogP contribution in [0.4, 0.5) is 14.9 Å². The molecule has 1 N–H and O–H groups in total. The fourth-order valence-electron chi connectivity index (χ4n) is 3.52. The first-order valence-corrected chi connectivity index (χ1v) is 12.2. The molecule has 0 spiro atoms. The standard InChI is InChI=1S/C26H19ClFIN2O5/c1-2-35-22-13-15(12-20(29)23(22)36-14-16-7-3-5-9-19(16)28)11-17-24(32)30-26(34)31(25(17)33)21-10-6-4-8-18(21)27/h3-13H,2,14H2,1H3,(H,30,32,34)/b17-11+. The predicted octanol–water partition coefficient (Wildman–Crippen LogP) is 5.73. The summed E-state index contributed by atoms with van der Waals surface area (Å²) in [5.74, 6) is -1.28. The van der Waals surface area contributed by atoms with E-state index in [9.17, 15) is 18.8 Å². The number of hydrogen-bond donors (Lipinski definition) is 1. The number of ether oxygens (including phenoxy) is 2. The summed E-state index contributed by atoms with van der Waals surface area (Å²) in [6.45, 7) is 2.10. The molecule has 1 aliphatic heterocycles. The molecule has 0 atom stereocenters. The Morgan fingerprint density at radius 3 is 2.50 bits per heavy atom. The largest absolute Gasteiger partial charge is 0.490 e. The van der Waals surface area contributed by atoms with Gasteiger partial charge in [0.1, 0.15) is 18.0 Å². The Bertz CT molecular complexity index is 1390. The third-order valence-electron chi connectivity index (χ3n) is 5.17. The molecule has 184 valence electrons. The van der Waals surface area contributed by atoms with E-state index < -0.39 is 17.8 Å². The summed E-state index contributed by atoms with van der Waals surface area (Å²) >= 11 is 8.21. The molecule has 36 heavy (non-hydrogen) atoms. The van der Waals surface area contributed by atoms with Gasteiger partial charge < -0.3 is 9.47 Å². The molecular weight excluding hydrogens is 602 g/mol. The lowest BCUT2D eigenvalue weighted by molar-refractivity contribution is -0.122. The number of urea groups is 1. The quantitative estimate of drug-likeness (QED) is 0.207. The van der Waals surface area contributed by atoms with Crippen molar-refractivity contribution in [3.05, 3.63) is 91.8 Å². The van der Waals surface area contributed by atoms with Crippen LogP contribution in [0, 0.1) is 9.39 Å².